The molecule has 5 nitrogen and oxygen atoms in total. The molecule has 0 radical (unpaired) electrons. The number of anilines is 1. The Kier molecular flexibility index (Phi) is 4.75. The first-order valence-electron chi connectivity index (χ1n) is 9.57. The Morgan fingerprint density at radius 2 is 1.74 bits per heavy atom. The van der Waals surface area contributed by atoms with Gasteiger partial charge in [0.25, 0.3) is 5.56 Å². The van der Waals surface area contributed by atoms with Crippen molar-refractivity contribution in [2.75, 3.05) is 5.43 Å². The van der Waals surface area contributed by atoms with Crippen molar-refractivity contribution in [3.63, 3.8) is 0 Å². The van der Waals surface area contributed by atoms with Crippen LogP contribution in [-0.4, -0.2) is 15.3 Å². The van der Waals surface area contributed by atoms with E-state index in [0.717, 1.165) is 24.2 Å². The van der Waals surface area contributed by atoms with Crippen LogP contribution in [0.5, 0.6) is 0 Å². The zero-order valence-corrected chi connectivity index (χ0v) is 15.8. The topological polar surface area (TPSA) is 59.3 Å². The third-order valence-corrected chi connectivity index (χ3v) is 5.09. The Balaban J connectivity index is 1.85. The summed E-state index contributed by atoms with van der Waals surface area (Å²) >= 11 is 0. The number of rotatable bonds is 4. The number of nitrogens with zero attached hydrogens (tertiary/aromatic N) is 3. The average molecular weight is 360 g/mol. The van der Waals surface area contributed by atoms with E-state index in [9.17, 15) is 4.79 Å². The lowest BCUT2D eigenvalue weighted by Crippen LogP contribution is -2.23. The van der Waals surface area contributed by atoms with Gasteiger partial charge >= 0.3 is 0 Å². The van der Waals surface area contributed by atoms with Crippen molar-refractivity contribution in [3.05, 3.63) is 64.4 Å². The van der Waals surface area contributed by atoms with Gasteiger partial charge < -0.3 is 0 Å². The zero-order chi connectivity index (χ0) is 18.8. The second kappa shape index (κ2) is 7.35. The molecule has 0 saturated heterocycles. The number of aromatic nitrogens is 2. The van der Waals surface area contributed by atoms with Gasteiger partial charge in [-0.15, -0.1) is 0 Å². The maximum Gasteiger partial charge on any atom is 0.267 e. The molecular weight excluding hydrogens is 336 g/mol. The van der Waals surface area contributed by atoms with E-state index in [2.05, 4.69) is 41.5 Å². The number of para-hydroxylation sites is 1. The van der Waals surface area contributed by atoms with Crippen LogP contribution in [0.15, 0.2) is 58.4 Å². The summed E-state index contributed by atoms with van der Waals surface area (Å²) in [5.41, 5.74) is 6.81. The number of fused-ring (bicyclic) bond motifs is 1. The Bertz CT molecular complexity index is 1040. The first-order chi connectivity index (χ1) is 13.1. The minimum Gasteiger partial charge on any atom is -0.268 e. The highest BCUT2D eigenvalue weighted by atomic mass is 16.1. The minimum absolute atomic E-state index is 0.0907. The molecule has 0 amide bonds. The fourth-order valence-electron chi connectivity index (χ4n) is 3.48. The molecule has 4 rings (SSSR count). The lowest BCUT2D eigenvalue weighted by atomic mass is 10.0. The largest absolute Gasteiger partial charge is 0.268 e. The van der Waals surface area contributed by atoms with Gasteiger partial charge in [-0.3, -0.25) is 4.79 Å². The number of nitrogens with one attached hydrogen (secondary N) is 1. The summed E-state index contributed by atoms with van der Waals surface area (Å²) in [5, 5.41) is 5.12. The van der Waals surface area contributed by atoms with Crippen LogP contribution < -0.4 is 11.0 Å². The van der Waals surface area contributed by atoms with Crippen molar-refractivity contribution in [3.8, 4) is 5.69 Å². The molecule has 5 heteroatoms. The minimum atomic E-state index is -0.0907. The first-order valence-corrected chi connectivity index (χ1v) is 9.57. The number of hydrazone groups is 1. The molecular formula is C22H24N4O. The van der Waals surface area contributed by atoms with Gasteiger partial charge in [-0.1, -0.05) is 38.1 Å². The van der Waals surface area contributed by atoms with Crippen LogP contribution in [0.1, 0.15) is 51.0 Å². The second-order valence-corrected chi connectivity index (χ2v) is 7.34. The maximum absolute atomic E-state index is 13.2. The molecule has 0 atom stereocenters. The van der Waals surface area contributed by atoms with Crippen molar-refractivity contribution >= 4 is 22.6 Å². The van der Waals surface area contributed by atoms with Crippen LogP contribution in [0.2, 0.25) is 0 Å². The van der Waals surface area contributed by atoms with Crippen LogP contribution >= 0.6 is 0 Å². The Hall–Kier alpha value is -2.95. The van der Waals surface area contributed by atoms with Crippen LogP contribution in [0.4, 0.5) is 5.95 Å². The third kappa shape index (κ3) is 3.50. The molecule has 1 saturated carbocycles. The standard InChI is InChI=1S/C22H24N4O/c1-15(2)16-11-13-18(14-12-16)26-21(27)19-9-5-6-10-20(19)23-22(26)25-24-17-7-3-4-8-17/h5-6,9-15H,3-4,7-8H2,1-2H3,(H,23,25). The summed E-state index contributed by atoms with van der Waals surface area (Å²) in [4.78, 5) is 17.9. The van der Waals surface area contributed by atoms with E-state index in [1.165, 1.54) is 18.4 Å². The van der Waals surface area contributed by atoms with Gasteiger partial charge in [-0.05, 0) is 61.4 Å². The second-order valence-electron chi connectivity index (χ2n) is 7.34. The van der Waals surface area contributed by atoms with Crippen LogP contribution in [-0.2, 0) is 0 Å². The van der Waals surface area contributed by atoms with E-state index in [1.54, 1.807) is 4.57 Å². The summed E-state index contributed by atoms with van der Waals surface area (Å²) in [7, 11) is 0. The van der Waals surface area contributed by atoms with E-state index < -0.39 is 0 Å². The lowest BCUT2D eigenvalue weighted by Gasteiger charge is -2.14. The van der Waals surface area contributed by atoms with Crippen molar-refractivity contribution in [2.45, 2.75) is 45.4 Å². The molecule has 1 N–H and O–H groups in total. The van der Waals surface area contributed by atoms with Crippen molar-refractivity contribution in [1.82, 2.24) is 9.55 Å². The van der Waals surface area contributed by atoms with Gasteiger partial charge in [0.15, 0.2) is 0 Å². The molecule has 1 aliphatic carbocycles. The van der Waals surface area contributed by atoms with E-state index in [1.807, 2.05) is 36.4 Å². The van der Waals surface area contributed by atoms with Crippen molar-refractivity contribution in [1.29, 1.82) is 0 Å². The molecule has 0 aliphatic heterocycles. The molecule has 1 aromatic heterocycles. The molecule has 2 aromatic carbocycles. The molecule has 1 fully saturated rings. The summed E-state index contributed by atoms with van der Waals surface area (Å²) in [6, 6.07) is 15.5. The van der Waals surface area contributed by atoms with Gasteiger partial charge in [0.05, 0.1) is 16.6 Å². The Morgan fingerprint density at radius 3 is 2.44 bits per heavy atom. The molecule has 0 bridgehead atoms. The SMILES string of the molecule is CC(C)c1ccc(-n2c(NN=C3CCCC3)nc3ccccc3c2=O)cc1. The molecule has 1 heterocycles. The van der Waals surface area contributed by atoms with Gasteiger partial charge in [-0.25, -0.2) is 15.0 Å². The maximum atomic E-state index is 13.2. The van der Waals surface area contributed by atoms with Crippen LogP contribution in [0, 0.1) is 0 Å². The molecule has 3 aromatic rings. The highest BCUT2D eigenvalue weighted by molar-refractivity contribution is 5.86. The Morgan fingerprint density at radius 1 is 1.04 bits per heavy atom. The van der Waals surface area contributed by atoms with Crippen LogP contribution in [0.25, 0.3) is 16.6 Å². The number of benzene rings is 2. The summed E-state index contributed by atoms with van der Waals surface area (Å²) in [6.45, 7) is 4.31. The van der Waals surface area contributed by atoms with E-state index >= 15 is 0 Å². The van der Waals surface area contributed by atoms with Crippen molar-refractivity contribution < 1.29 is 0 Å². The van der Waals surface area contributed by atoms with Crippen molar-refractivity contribution in [2.24, 2.45) is 5.10 Å². The van der Waals surface area contributed by atoms with Crippen LogP contribution in [0.3, 0.4) is 0 Å². The van der Waals surface area contributed by atoms with Gasteiger partial charge in [0.1, 0.15) is 0 Å². The fourth-order valence-corrected chi connectivity index (χ4v) is 3.48. The molecule has 138 valence electrons. The number of hydrogen-bond donors (Lipinski definition) is 1. The van der Waals surface area contributed by atoms with E-state index in [4.69, 9.17) is 0 Å². The first kappa shape index (κ1) is 17.5. The number of hydrogen-bond acceptors (Lipinski definition) is 4. The Labute approximate surface area is 158 Å². The summed E-state index contributed by atoms with van der Waals surface area (Å²) in [5.74, 6) is 0.896. The van der Waals surface area contributed by atoms with Gasteiger partial charge in [0.2, 0.25) is 5.95 Å². The molecule has 27 heavy (non-hydrogen) atoms. The fraction of sp³-hybridized carbons (Fsp3) is 0.318. The molecule has 0 unspecified atom stereocenters. The highest BCUT2D eigenvalue weighted by Crippen LogP contribution is 2.21. The normalized spacial score (nSPS) is 14.1. The van der Waals surface area contributed by atoms with E-state index in [0.29, 0.717) is 22.8 Å². The molecule has 0 spiro atoms. The summed E-state index contributed by atoms with van der Waals surface area (Å²) in [6.07, 6.45) is 4.37. The predicted octanol–water partition coefficient (Wildman–Crippen LogP) is 4.85. The summed E-state index contributed by atoms with van der Waals surface area (Å²) < 4.78 is 1.62. The monoisotopic (exact) mass is 360 g/mol. The quantitative estimate of drug-likeness (QED) is 0.677. The van der Waals surface area contributed by atoms with Gasteiger partial charge in [0, 0.05) is 5.71 Å². The van der Waals surface area contributed by atoms with Gasteiger partial charge in [-0.2, -0.15) is 5.10 Å². The zero-order valence-electron chi connectivity index (χ0n) is 15.8. The average Bonchev–Trinajstić information content (AvgIpc) is 3.20. The third-order valence-electron chi connectivity index (χ3n) is 5.09. The smallest absolute Gasteiger partial charge is 0.267 e. The van der Waals surface area contributed by atoms with E-state index in [-0.39, 0.29) is 5.56 Å². The lowest BCUT2D eigenvalue weighted by molar-refractivity contribution is 0.863. The highest BCUT2D eigenvalue weighted by Gasteiger charge is 2.14. The predicted molar refractivity (Wildman–Crippen MR) is 111 cm³/mol. The molecule has 1 aliphatic rings.